The van der Waals surface area contributed by atoms with Crippen LogP contribution in [-0.4, -0.2) is 17.3 Å². The molecule has 1 unspecified atom stereocenters. The van der Waals surface area contributed by atoms with Gasteiger partial charge in [0.05, 0.1) is 17.5 Å². The van der Waals surface area contributed by atoms with Crippen LogP contribution in [-0.2, 0) is 0 Å². The molecule has 1 atom stereocenters. The van der Waals surface area contributed by atoms with Crippen molar-refractivity contribution in [1.82, 2.24) is 10.2 Å². The van der Waals surface area contributed by atoms with Gasteiger partial charge in [-0.05, 0) is 25.5 Å². The molecule has 1 aromatic carbocycles. The van der Waals surface area contributed by atoms with Crippen molar-refractivity contribution in [3.05, 3.63) is 29.7 Å². The standard InChI is InChI=1S/C13H15BrN2O2/c1-4-10(14)13-16-15-12(18-13)9-7-8(2)5-6-11(9)17-3/h5-7,10H,4H2,1-3H3. The third-order valence-corrected chi connectivity index (χ3v) is 3.69. The zero-order valence-corrected chi connectivity index (χ0v) is 12.2. The van der Waals surface area contributed by atoms with Crippen molar-refractivity contribution >= 4 is 15.9 Å². The minimum atomic E-state index is 0.0922. The van der Waals surface area contributed by atoms with Crippen molar-refractivity contribution in [2.45, 2.75) is 25.1 Å². The van der Waals surface area contributed by atoms with E-state index in [-0.39, 0.29) is 4.83 Å². The molecule has 0 saturated heterocycles. The molecule has 18 heavy (non-hydrogen) atoms. The molecular weight excluding hydrogens is 296 g/mol. The van der Waals surface area contributed by atoms with Gasteiger partial charge in [0.2, 0.25) is 5.89 Å². The van der Waals surface area contributed by atoms with Crippen molar-refractivity contribution in [3.63, 3.8) is 0 Å². The van der Waals surface area contributed by atoms with Gasteiger partial charge in [-0.1, -0.05) is 34.5 Å². The fourth-order valence-corrected chi connectivity index (χ4v) is 1.82. The van der Waals surface area contributed by atoms with Crippen LogP contribution in [0.4, 0.5) is 0 Å². The number of hydrogen-bond donors (Lipinski definition) is 0. The smallest absolute Gasteiger partial charge is 0.251 e. The average Bonchev–Trinajstić information content (AvgIpc) is 2.87. The summed E-state index contributed by atoms with van der Waals surface area (Å²) >= 11 is 3.49. The SMILES string of the molecule is CCC(Br)c1nnc(-c2cc(C)ccc2OC)o1. The lowest BCUT2D eigenvalue weighted by Crippen LogP contribution is -1.89. The molecule has 0 spiro atoms. The van der Waals surface area contributed by atoms with Gasteiger partial charge in [-0.3, -0.25) is 0 Å². The Bertz CT molecular complexity index is 540. The zero-order valence-electron chi connectivity index (χ0n) is 10.6. The van der Waals surface area contributed by atoms with Crippen LogP contribution >= 0.6 is 15.9 Å². The lowest BCUT2D eigenvalue weighted by molar-refractivity contribution is 0.413. The predicted octanol–water partition coefficient (Wildman–Crippen LogP) is 3.90. The molecule has 0 amide bonds. The highest BCUT2D eigenvalue weighted by Gasteiger charge is 2.17. The van der Waals surface area contributed by atoms with E-state index >= 15 is 0 Å². The Morgan fingerprint density at radius 2 is 2.17 bits per heavy atom. The summed E-state index contributed by atoms with van der Waals surface area (Å²) in [5.74, 6) is 1.82. The molecule has 0 fully saturated rings. The van der Waals surface area contributed by atoms with Crippen molar-refractivity contribution in [2.24, 2.45) is 0 Å². The molecule has 0 aliphatic carbocycles. The first kappa shape index (κ1) is 13.1. The molecule has 2 rings (SSSR count). The number of aromatic nitrogens is 2. The number of hydrogen-bond acceptors (Lipinski definition) is 4. The van der Waals surface area contributed by atoms with E-state index in [2.05, 4.69) is 33.1 Å². The monoisotopic (exact) mass is 310 g/mol. The summed E-state index contributed by atoms with van der Waals surface area (Å²) < 4.78 is 11.0. The summed E-state index contributed by atoms with van der Waals surface area (Å²) in [7, 11) is 1.63. The first-order valence-corrected chi connectivity index (χ1v) is 6.69. The van der Waals surface area contributed by atoms with Crippen molar-refractivity contribution < 1.29 is 9.15 Å². The van der Waals surface area contributed by atoms with E-state index < -0.39 is 0 Å². The highest BCUT2D eigenvalue weighted by molar-refractivity contribution is 9.09. The van der Waals surface area contributed by atoms with E-state index in [1.54, 1.807) is 7.11 Å². The third kappa shape index (κ3) is 2.56. The maximum atomic E-state index is 5.67. The summed E-state index contributed by atoms with van der Waals surface area (Å²) in [6.07, 6.45) is 0.895. The van der Waals surface area contributed by atoms with Crippen LogP contribution in [0, 0.1) is 6.92 Å². The number of ether oxygens (including phenoxy) is 1. The number of aryl methyl sites for hydroxylation is 1. The van der Waals surface area contributed by atoms with Gasteiger partial charge in [-0.2, -0.15) is 0 Å². The zero-order chi connectivity index (χ0) is 13.1. The molecule has 96 valence electrons. The maximum Gasteiger partial charge on any atom is 0.251 e. The average molecular weight is 311 g/mol. The number of alkyl halides is 1. The summed E-state index contributed by atoms with van der Waals surface area (Å²) in [5, 5.41) is 8.13. The van der Waals surface area contributed by atoms with Crippen LogP contribution < -0.4 is 4.74 Å². The van der Waals surface area contributed by atoms with Crippen LogP contribution in [0.25, 0.3) is 11.5 Å². The summed E-state index contributed by atoms with van der Waals surface area (Å²) in [6, 6.07) is 5.87. The largest absolute Gasteiger partial charge is 0.496 e. The Labute approximate surface area is 114 Å². The molecule has 0 saturated carbocycles. The van der Waals surface area contributed by atoms with Gasteiger partial charge in [0.15, 0.2) is 0 Å². The quantitative estimate of drug-likeness (QED) is 0.804. The molecule has 0 radical (unpaired) electrons. The van der Waals surface area contributed by atoms with Gasteiger partial charge >= 0.3 is 0 Å². The predicted molar refractivity (Wildman–Crippen MR) is 73.0 cm³/mol. The van der Waals surface area contributed by atoms with Crippen molar-refractivity contribution in [1.29, 1.82) is 0 Å². The number of methoxy groups -OCH3 is 1. The van der Waals surface area contributed by atoms with Crippen LogP contribution in [0.3, 0.4) is 0 Å². The Kier molecular flexibility index (Phi) is 4.01. The molecule has 5 heteroatoms. The van der Waals surface area contributed by atoms with Crippen LogP contribution in [0.5, 0.6) is 5.75 Å². The second-order valence-corrected chi connectivity index (χ2v) is 5.13. The first-order valence-electron chi connectivity index (χ1n) is 5.78. The Hall–Kier alpha value is -1.36. The second-order valence-electron chi connectivity index (χ2n) is 4.02. The van der Waals surface area contributed by atoms with Crippen LogP contribution in [0.1, 0.15) is 29.6 Å². The lowest BCUT2D eigenvalue weighted by Gasteiger charge is -2.05. The van der Waals surface area contributed by atoms with E-state index in [9.17, 15) is 0 Å². The first-order chi connectivity index (χ1) is 8.65. The second kappa shape index (κ2) is 5.52. The molecular formula is C13H15BrN2O2. The highest BCUT2D eigenvalue weighted by atomic mass is 79.9. The summed E-state index contributed by atoms with van der Waals surface area (Å²) in [4.78, 5) is 0.0922. The normalized spacial score (nSPS) is 12.4. The Morgan fingerprint density at radius 1 is 1.39 bits per heavy atom. The number of nitrogens with zero attached hydrogens (tertiary/aromatic N) is 2. The molecule has 2 aromatic rings. The van der Waals surface area contributed by atoms with Gasteiger partial charge in [-0.15, -0.1) is 10.2 Å². The number of benzene rings is 1. The molecule has 1 heterocycles. The Morgan fingerprint density at radius 3 is 2.83 bits per heavy atom. The topological polar surface area (TPSA) is 48.2 Å². The van der Waals surface area contributed by atoms with E-state index in [4.69, 9.17) is 9.15 Å². The highest BCUT2D eigenvalue weighted by Crippen LogP contribution is 2.32. The lowest BCUT2D eigenvalue weighted by atomic mass is 10.1. The van der Waals surface area contributed by atoms with Crippen LogP contribution in [0.2, 0.25) is 0 Å². The van der Waals surface area contributed by atoms with Gasteiger partial charge in [0.1, 0.15) is 5.75 Å². The fourth-order valence-electron chi connectivity index (χ4n) is 1.63. The molecule has 0 aliphatic rings. The van der Waals surface area contributed by atoms with Crippen LogP contribution in [0.15, 0.2) is 22.6 Å². The van der Waals surface area contributed by atoms with Gasteiger partial charge in [0, 0.05) is 0 Å². The fraction of sp³-hybridized carbons (Fsp3) is 0.385. The van der Waals surface area contributed by atoms with Gasteiger partial charge in [-0.25, -0.2) is 0 Å². The van der Waals surface area contributed by atoms with E-state index in [0.717, 1.165) is 23.3 Å². The van der Waals surface area contributed by atoms with Gasteiger partial charge in [0.25, 0.3) is 5.89 Å². The molecule has 0 aliphatic heterocycles. The maximum absolute atomic E-state index is 5.67. The Balaban J connectivity index is 2.42. The van der Waals surface area contributed by atoms with E-state index in [1.807, 2.05) is 25.1 Å². The van der Waals surface area contributed by atoms with Crippen molar-refractivity contribution in [2.75, 3.05) is 7.11 Å². The number of halogens is 1. The molecule has 0 bridgehead atoms. The summed E-state index contributed by atoms with van der Waals surface area (Å²) in [6.45, 7) is 4.07. The molecule has 1 aromatic heterocycles. The van der Waals surface area contributed by atoms with E-state index in [0.29, 0.717) is 11.8 Å². The van der Waals surface area contributed by atoms with E-state index in [1.165, 1.54) is 0 Å². The third-order valence-electron chi connectivity index (χ3n) is 2.65. The van der Waals surface area contributed by atoms with Crippen molar-refractivity contribution in [3.8, 4) is 17.2 Å². The molecule has 0 N–H and O–H groups in total. The number of rotatable bonds is 4. The minimum absolute atomic E-state index is 0.0922. The van der Waals surface area contributed by atoms with Gasteiger partial charge < -0.3 is 9.15 Å². The molecule has 4 nitrogen and oxygen atoms in total. The summed E-state index contributed by atoms with van der Waals surface area (Å²) in [5.41, 5.74) is 1.95. The minimum Gasteiger partial charge on any atom is -0.496 e.